The second kappa shape index (κ2) is 7.19. The van der Waals surface area contributed by atoms with Crippen molar-refractivity contribution in [1.29, 1.82) is 0 Å². The zero-order chi connectivity index (χ0) is 15.2. The fourth-order valence-electron chi connectivity index (χ4n) is 2.55. The standard InChI is InChI=1S/C10H12O.C9H10O/c1-11-10-7-6-8-4-2-3-5-9(8)10;1-7-3-5-9(6-4-7)8(2)10/h2-5,10H,6-7H2,1H3;3-6H,1-2H3. The highest BCUT2D eigenvalue weighted by molar-refractivity contribution is 5.93. The van der Waals surface area contributed by atoms with E-state index in [1.54, 1.807) is 14.0 Å². The molecule has 110 valence electrons. The minimum Gasteiger partial charge on any atom is -0.377 e. The monoisotopic (exact) mass is 282 g/mol. The number of carbonyl (C=O) groups is 1. The number of rotatable bonds is 2. The van der Waals surface area contributed by atoms with Gasteiger partial charge in [-0.3, -0.25) is 4.79 Å². The summed E-state index contributed by atoms with van der Waals surface area (Å²) in [4.78, 5) is 10.8. The van der Waals surface area contributed by atoms with Crippen molar-refractivity contribution in [3.8, 4) is 0 Å². The van der Waals surface area contributed by atoms with Crippen LogP contribution in [-0.2, 0) is 11.2 Å². The van der Waals surface area contributed by atoms with Gasteiger partial charge in [0.2, 0.25) is 0 Å². The van der Waals surface area contributed by atoms with Crippen LogP contribution in [0.5, 0.6) is 0 Å². The summed E-state index contributed by atoms with van der Waals surface area (Å²) >= 11 is 0. The lowest BCUT2D eigenvalue weighted by atomic mass is 10.1. The summed E-state index contributed by atoms with van der Waals surface area (Å²) in [6, 6.07) is 16.1. The number of carbonyl (C=O) groups excluding carboxylic acids is 1. The van der Waals surface area contributed by atoms with Crippen molar-refractivity contribution in [2.24, 2.45) is 0 Å². The van der Waals surface area contributed by atoms with Crippen molar-refractivity contribution in [2.75, 3.05) is 7.11 Å². The summed E-state index contributed by atoms with van der Waals surface area (Å²) in [6.45, 7) is 3.58. The van der Waals surface area contributed by atoms with Gasteiger partial charge in [-0.1, -0.05) is 54.1 Å². The summed E-state index contributed by atoms with van der Waals surface area (Å²) in [5.74, 6) is 0.125. The van der Waals surface area contributed by atoms with E-state index in [0.29, 0.717) is 6.10 Å². The van der Waals surface area contributed by atoms with E-state index in [-0.39, 0.29) is 5.78 Å². The quantitative estimate of drug-likeness (QED) is 0.757. The minimum absolute atomic E-state index is 0.125. The van der Waals surface area contributed by atoms with Gasteiger partial charge in [0.05, 0.1) is 6.10 Å². The second-order valence-electron chi connectivity index (χ2n) is 5.38. The highest BCUT2D eigenvalue weighted by Crippen LogP contribution is 2.32. The Morgan fingerprint density at radius 3 is 2.38 bits per heavy atom. The predicted molar refractivity (Wildman–Crippen MR) is 85.7 cm³/mol. The van der Waals surface area contributed by atoms with Crippen molar-refractivity contribution >= 4 is 5.78 Å². The van der Waals surface area contributed by atoms with Gasteiger partial charge in [-0.15, -0.1) is 0 Å². The third kappa shape index (κ3) is 4.02. The molecule has 1 aliphatic rings. The molecule has 0 saturated heterocycles. The molecule has 0 fully saturated rings. The van der Waals surface area contributed by atoms with Crippen LogP contribution in [0.2, 0.25) is 0 Å². The number of ketones is 1. The highest BCUT2D eigenvalue weighted by Gasteiger charge is 2.20. The third-order valence-corrected chi connectivity index (χ3v) is 3.82. The Bertz CT molecular complexity index is 599. The molecular weight excluding hydrogens is 260 g/mol. The third-order valence-electron chi connectivity index (χ3n) is 3.82. The van der Waals surface area contributed by atoms with Crippen LogP contribution in [0, 0.1) is 6.92 Å². The fourth-order valence-corrected chi connectivity index (χ4v) is 2.55. The Hall–Kier alpha value is -1.93. The van der Waals surface area contributed by atoms with Gasteiger partial charge in [0.25, 0.3) is 0 Å². The summed E-state index contributed by atoms with van der Waals surface area (Å²) < 4.78 is 5.34. The number of hydrogen-bond donors (Lipinski definition) is 0. The van der Waals surface area contributed by atoms with Crippen LogP contribution in [-0.4, -0.2) is 12.9 Å². The maximum atomic E-state index is 10.8. The molecule has 0 radical (unpaired) electrons. The van der Waals surface area contributed by atoms with Crippen LogP contribution < -0.4 is 0 Å². The molecule has 0 aliphatic heterocycles. The topological polar surface area (TPSA) is 26.3 Å². The molecule has 2 heteroatoms. The van der Waals surface area contributed by atoms with E-state index in [9.17, 15) is 4.79 Å². The SMILES string of the molecule is CC(=O)c1ccc(C)cc1.COC1CCc2ccccc21. The van der Waals surface area contributed by atoms with Gasteiger partial charge in [-0.05, 0) is 37.8 Å². The Labute approximate surface area is 126 Å². The van der Waals surface area contributed by atoms with Gasteiger partial charge in [0.15, 0.2) is 5.78 Å². The Balaban J connectivity index is 0.000000155. The second-order valence-corrected chi connectivity index (χ2v) is 5.38. The van der Waals surface area contributed by atoms with E-state index in [0.717, 1.165) is 12.0 Å². The van der Waals surface area contributed by atoms with Gasteiger partial charge in [0.1, 0.15) is 0 Å². The van der Waals surface area contributed by atoms with E-state index in [1.807, 2.05) is 31.2 Å². The number of hydrogen-bond acceptors (Lipinski definition) is 2. The van der Waals surface area contributed by atoms with Crippen LogP contribution in [0.25, 0.3) is 0 Å². The van der Waals surface area contributed by atoms with Crippen LogP contribution in [0.4, 0.5) is 0 Å². The predicted octanol–water partition coefficient (Wildman–Crippen LogP) is 4.52. The molecule has 0 heterocycles. The number of ether oxygens (including phenoxy) is 1. The number of Topliss-reactive ketones (excluding diaryl/α,β-unsaturated/α-hetero) is 1. The molecule has 21 heavy (non-hydrogen) atoms. The zero-order valence-electron chi connectivity index (χ0n) is 12.9. The van der Waals surface area contributed by atoms with Crippen LogP contribution >= 0.6 is 0 Å². The number of methoxy groups -OCH3 is 1. The van der Waals surface area contributed by atoms with Crippen LogP contribution in [0.15, 0.2) is 48.5 Å². The zero-order valence-corrected chi connectivity index (χ0v) is 12.9. The lowest BCUT2D eigenvalue weighted by molar-refractivity contribution is 0.101. The van der Waals surface area contributed by atoms with Crippen molar-refractivity contribution in [3.05, 3.63) is 70.8 Å². The van der Waals surface area contributed by atoms with Crippen molar-refractivity contribution < 1.29 is 9.53 Å². The first-order valence-corrected chi connectivity index (χ1v) is 7.30. The van der Waals surface area contributed by atoms with Gasteiger partial charge >= 0.3 is 0 Å². The number of benzene rings is 2. The molecule has 0 N–H and O–H groups in total. The smallest absolute Gasteiger partial charge is 0.159 e. The first-order valence-electron chi connectivity index (χ1n) is 7.30. The molecule has 2 aromatic rings. The molecular formula is C19H22O2. The van der Waals surface area contributed by atoms with E-state index in [2.05, 4.69) is 24.3 Å². The maximum absolute atomic E-state index is 10.8. The normalized spacial score (nSPS) is 15.9. The molecule has 0 spiro atoms. The molecule has 1 aliphatic carbocycles. The number of aryl methyl sites for hydroxylation is 2. The van der Waals surface area contributed by atoms with Crippen LogP contribution in [0.1, 0.15) is 46.5 Å². The summed E-state index contributed by atoms with van der Waals surface area (Å²) in [5.41, 5.74) is 4.81. The van der Waals surface area contributed by atoms with Gasteiger partial charge in [-0.25, -0.2) is 0 Å². The molecule has 0 saturated carbocycles. The van der Waals surface area contributed by atoms with E-state index < -0.39 is 0 Å². The highest BCUT2D eigenvalue weighted by atomic mass is 16.5. The van der Waals surface area contributed by atoms with E-state index in [4.69, 9.17) is 4.74 Å². The maximum Gasteiger partial charge on any atom is 0.159 e. The molecule has 0 amide bonds. The summed E-state index contributed by atoms with van der Waals surface area (Å²) in [6.07, 6.45) is 2.68. The van der Waals surface area contributed by atoms with E-state index >= 15 is 0 Å². The Morgan fingerprint density at radius 2 is 1.76 bits per heavy atom. The number of fused-ring (bicyclic) bond motifs is 1. The molecule has 2 nitrogen and oxygen atoms in total. The first kappa shape index (κ1) is 15.5. The largest absolute Gasteiger partial charge is 0.377 e. The average Bonchev–Trinajstić information content (AvgIpc) is 2.91. The molecule has 3 rings (SSSR count). The molecule has 1 atom stereocenters. The van der Waals surface area contributed by atoms with E-state index in [1.165, 1.54) is 23.1 Å². The van der Waals surface area contributed by atoms with Gasteiger partial charge in [-0.2, -0.15) is 0 Å². The molecule has 2 aromatic carbocycles. The van der Waals surface area contributed by atoms with Crippen molar-refractivity contribution in [2.45, 2.75) is 32.8 Å². The summed E-state index contributed by atoms with van der Waals surface area (Å²) in [5, 5.41) is 0. The first-order chi connectivity index (χ1) is 10.1. The fraction of sp³-hybridized carbons (Fsp3) is 0.316. The van der Waals surface area contributed by atoms with Gasteiger partial charge < -0.3 is 4.74 Å². The summed E-state index contributed by atoms with van der Waals surface area (Å²) in [7, 11) is 1.78. The molecule has 0 aromatic heterocycles. The van der Waals surface area contributed by atoms with Crippen molar-refractivity contribution in [3.63, 3.8) is 0 Å². The molecule has 1 unspecified atom stereocenters. The lowest BCUT2D eigenvalue weighted by Crippen LogP contribution is -1.94. The van der Waals surface area contributed by atoms with Gasteiger partial charge in [0, 0.05) is 12.7 Å². The van der Waals surface area contributed by atoms with Crippen molar-refractivity contribution in [1.82, 2.24) is 0 Å². The Kier molecular flexibility index (Phi) is 5.29. The Morgan fingerprint density at radius 1 is 1.10 bits per heavy atom. The average molecular weight is 282 g/mol. The molecule has 0 bridgehead atoms. The van der Waals surface area contributed by atoms with Crippen LogP contribution in [0.3, 0.4) is 0 Å². The minimum atomic E-state index is 0.125. The lowest BCUT2D eigenvalue weighted by Gasteiger charge is -2.07.